The molecule has 0 atom stereocenters. The van der Waals surface area contributed by atoms with E-state index in [-0.39, 0.29) is 11.2 Å². The van der Waals surface area contributed by atoms with Gasteiger partial charge in [-0.3, -0.25) is 19.1 Å². The standard InChI is InChI=1S/C7H6N4O3/c1-11-5-4(6(13)10-7(11)14)9-3(12)2-8-5/h2H,1H3,(H,9,12)(H,10,13,14). The van der Waals surface area contributed by atoms with E-state index in [0.717, 1.165) is 10.8 Å². The van der Waals surface area contributed by atoms with E-state index >= 15 is 0 Å². The molecule has 0 unspecified atom stereocenters. The second kappa shape index (κ2) is 2.66. The third-order valence-electron chi connectivity index (χ3n) is 1.85. The topological polar surface area (TPSA) is 101 Å². The zero-order chi connectivity index (χ0) is 10.3. The maximum absolute atomic E-state index is 11.2. The van der Waals surface area contributed by atoms with Crippen molar-refractivity contribution in [2.75, 3.05) is 0 Å². The molecule has 7 heteroatoms. The quantitative estimate of drug-likeness (QED) is 0.522. The SMILES string of the molecule is Cn1c(=O)[nH]c(=O)c2[nH]c(=O)cnc21. The van der Waals surface area contributed by atoms with Crippen LogP contribution in [0.5, 0.6) is 0 Å². The van der Waals surface area contributed by atoms with Crippen molar-refractivity contribution in [1.82, 2.24) is 19.5 Å². The normalized spacial score (nSPS) is 10.6. The summed E-state index contributed by atoms with van der Waals surface area (Å²) in [7, 11) is 1.45. The van der Waals surface area contributed by atoms with E-state index in [0.29, 0.717) is 0 Å². The van der Waals surface area contributed by atoms with Gasteiger partial charge < -0.3 is 4.98 Å². The minimum Gasteiger partial charge on any atom is -0.313 e. The molecule has 14 heavy (non-hydrogen) atoms. The highest BCUT2D eigenvalue weighted by Crippen LogP contribution is 1.93. The fourth-order valence-corrected chi connectivity index (χ4v) is 1.15. The van der Waals surface area contributed by atoms with Gasteiger partial charge >= 0.3 is 5.69 Å². The van der Waals surface area contributed by atoms with Crippen LogP contribution in [0.1, 0.15) is 0 Å². The van der Waals surface area contributed by atoms with E-state index in [1.165, 1.54) is 7.05 Å². The molecule has 7 nitrogen and oxygen atoms in total. The molecule has 0 fully saturated rings. The Bertz CT molecular complexity index is 663. The van der Waals surface area contributed by atoms with Crippen LogP contribution in [0.2, 0.25) is 0 Å². The zero-order valence-electron chi connectivity index (χ0n) is 7.20. The summed E-state index contributed by atoms with van der Waals surface area (Å²) in [6.45, 7) is 0. The summed E-state index contributed by atoms with van der Waals surface area (Å²) in [4.78, 5) is 41.3. The predicted octanol–water partition coefficient (Wildman–Crippen LogP) is -1.69. The summed E-state index contributed by atoms with van der Waals surface area (Å²) in [5.41, 5.74) is -1.55. The molecule has 2 rings (SSSR count). The van der Waals surface area contributed by atoms with Gasteiger partial charge in [0.2, 0.25) is 0 Å². The van der Waals surface area contributed by atoms with E-state index in [1.54, 1.807) is 0 Å². The Morgan fingerprint density at radius 1 is 1.29 bits per heavy atom. The van der Waals surface area contributed by atoms with Crippen LogP contribution < -0.4 is 16.8 Å². The monoisotopic (exact) mass is 194 g/mol. The number of hydrogen-bond acceptors (Lipinski definition) is 4. The van der Waals surface area contributed by atoms with Crippen molar-refractivity contribution in [3.05, 3.63) is 37.4 Å². The first-order valence-electron chi connectivity index (χ1n) is 3.78. The van der Waals surface area contributed by atoms with Crippen molar-refractivity contribution in [2.45, 2.75) is 0 Å². The molecule has 0 radical (unpaired) electrons. The second-order valence-corrected chi connectivity index (χ2v) is 2.76. The molecule has 0 aliphatic rings. The summed E-state index contributed by atoms with van der Waals surface area (Å²) < 4.78 is 1.15. The number of nitrogens with zero attached hydrogens (tertiary/aromatic N) is 2. The van der Waals surface area contributed by atoms with Crippen LogP contribution in [0.4, 0.5) is 0 Å². The number of nitrogens with one attached hydrogen (secondary N) is 2. The highest BCUT2D eigenvalue weighted by Gasteiger charge is 2.05. The summed E-state index contributed by atoms with van der Waals surface area (Å²) >= 11 is 0. The molecule has 0 aliphatic carbocycles. The molecule has 72 valence electrons. The van der Waals surface area contributed by atoms with Gasteiger partial charge in [0, 0.05) is 7.05 Å². The number of fused-ring (bicyclic) bond motifs is 1. The van der Waals surface area contributed by atoms with Gasteiger partial charge in [-0.2, -0.15) is 0 Å². The van der Waals surface area contributed by atoms with Gasteiger partial charge in [0.1, 0.15) is 0 Å². The van der Waals surface area contributed by atoms with Gasteiger partial charge in [-0.1, -0.05) is 0 Å². The fraction of sp³-hybridized carbons (Fsp3) is 0.143. The van der Waals surface area contributed by atoms with E-state index in [4.69, 9.17) is 0 Å². The number of aromatic amines is 2. The Hall–Kier alpha value is -2.18. The van der Waals surface area contributed by atoms with Crippen LogP contribution >= 0.6 is 0 Å². The van der Waals surface area contributed by atoms with Gasteiger partial charge in [-0.15, -0.1) is 0 Å². The van der Waals surface area contributed by atoms with Gasteiger partial charge in [0.15, 0.2) is 11.2 Å². The van der Waals surface area contributed by atoms with Crippen molar-refractivity contribution < 1.29 is 0 Å². The van der Waals surface area contributed by atoms with E-state index in [2.05, 4.69) is 15.0 Å². The number of rotatable bonds is 0. The molecule has 0 saturated heterocycles. The number of aryl methyl sites for hydroxylation is 1. The average molecular weight is 194 g/mol. The maximum atomic E-state index is 11.2. The molecule has 2 aromatic heterocycles. The lowest BCUT2D eigenvalue weighted by Crippen LogP contribution is -2.30. The van der Waals surface area contributed by atoms with Gasteiger partial charge in [0.25, 0.3) is 11.1 Å². The number of H-pyrrole nitrogens is 2. The molecule has 2 heterocycles. The Morgan fingerprint density at radius 3 is 2.71 bits per heavy atom. The third-order valence-corrected chi connectivity index (χ3v) is 1.85. The van der Waals surface area contributed by atoms with Crippen LogP contribution in [0.3, 0.4) is 0 Å². The second-order valence-electron chi connectivity index (χ2n) is 2.76. The van der Waals surface area contributed by atoms with E-state index < -0.39 is 16.8 Å². The average Bonchev–Trinajstić information content (AvgIpc) is 2.14. The van der Waals surface area contributed by atoms with Crippen LogP contribution in [0, 0.1) is 0 Å². The lowest BCUT2D eigenvalue weighted by atomic mass is 10.5. The Morgan fingerprint density at radius 2 is 2.00 bits per heavy atom. The van der Waals surface area contributed by atoms with Crippen LogP contribution in [0.25, 0.3) is 11.2 Å². The lowest BCUT2D eigenvalue weighted by Gasteiger charge is -1.99. The molecule has 0 bridgehead atoms. The van der Waals surface area contributed by atoms with E-state index in [9.17, 15) is 14.4 Å². The van der Waals surface area contributed by atoms with Gasteiger partial charge in [-0.25, -0.2) is 9.78 Å². The highest BCUT2D eigenvalue weighted by atomic mass is 16.2. The lowest BCUT2D eigenvalue weighted by molar-refractivity contribution is 0.822. The molecule has 2 N–H and O–H groups in total. The third kappa shape index (κ3) is 1.06. The Balaban J connectivity index is 3.18. The van der Waals surface area contributed by atoms with Gasteiger partial charge in [0.05, 0.1) is 6.20 Å². The molecule has 0 amide bonds. The first kappa shape index (κ1) is 8.42. The van der Waals surface area contributed by atoms with Crippen molar-refractivity contribution >= 4 is 11.2 Å². The molecule has 2 aromatic rings. The smallest absolute Gasteiger partial charge is 0.313 e. The summed E-state index contributed by atoms with van der Waals surface area (Å²) in [6.07, 6.45) is 1.02. The molecule has 0 spiro atoms. The minimum atomic E-state index is -0.645. The number of hydrogen-bond donors (Lipinski definition) is 2. The summed E-state index contributed by atoms with van der Waals surface area (Å²) in [5, 5.41) is 0. The molecular formula is C7H6N4O3. The Labute approximate surface area is 76.1 Å². The van der Waals surface area contributed by atoms with Crippen molar-refractivity contribution in [3.63, 3.8) is 0 Å². The molecule has 0 aromatic carbocycles. The van der Waals surface area contributed by atoms with Crippen LogP contribution in [0.15, 0.2) is 20.6 Å². The fourth-order valence-electron chi connectivity index (χ4n) is 1.15. The van der Waals surface area contributed by atoms with Gasteiger partial charge in [-0.05, 0) is 0 Å². The minimum absolute atomic E-state index is 0.000370. The van der Waals surface area contributed by atoms with Crippen molar-refractivity contribution in [2.24, 2.45) is 7.05 Å². The first-order valence-corrected chi connectivity index (χ1v) is 3.78. The number of aromatic nitrogens is 4. The van der Waals surface area contributed by atoms with E-state index in [1.807, 2.05) is 0 Å². The molecule has 0 saturated carbocycles. The maximum Gasteiger partial charge on any atom is 0.329 e. The largest absolute Gasteiger partial charge is 0.329 e. The van der Waals surface area contributed by atoms with Crippen LogP contribution in [-0.4, -0.2) is 19.5 Å². The summed E-state index contributed by atoms with van der Waals surface area (Å²) in [5.74, 6) is 0. The predicted molar refractivity (Wildman–Crippen MR) is 48.2 cm³/mol. The highest BCUT2D eigenvalue weighted by molar-refractivity contribution is 5.67. The first-order chi connectivity index (χ1) is 6.59. The Kier molecular flexibility index (Phi) is 1.60. The van der Waals surface area contributed by atoms with Crippen LogP contribution in [-0.2, 0) is 7.05 Å². The zero-order valence-corrected chi connectivity index (χ0v) is 7.20. The molecular weight excluding hydrogens is 188 g/mol. The molecule has 0 aliphatic heterocycles. The summed E-state index contributed by atoms with van der Waals surface area (Å²) in [6, 6.07) is 0. The van der Waals surface area contributed by atoms with Crippen molar-refractivity contribution in [1.29, 1.82) is 0 Å². The van der Waals surface area contributed by atoms with Crippen molar-refractivity contribution in [3.8, 4) is 0 Å².